The Hall–Kier alpha value is -0.610. The molecule has 0 aromatic heterocycles. The predicted octanol–water partition coefficient (Wildman–Crippen LogP) is 1.78. The summed E-state index contributed by atoms with van der Waals surface area (Å²) in [6, 6.07) is 0.0833. The molecule has 108 valence electrons. The number of hydrogen-bond acceptors (Lipinski definition) is 3. The van der Waals surface area contributed by atoms with Crippen LogP contribution in [0.5, 0.6) is 0 Å². The number of amides is 1. The molecular weight excluding hydrogens is 228 g/mol. The number of ether oxygens (including phenoxy) is 1. The molecule has 4 heteroatoms. The summed E-state index contributed by atoms with van der Waals surface area (Å²) in [6.45, 7) is 9.60. The second kappa shape index (κ2) is 9.34. The monoisotopic (exact) mass is 258 g/mol. The van der Waals surface area contributed by atoms with Crippen molar-refractivity contribution in [1.29, 1.82) is 0 Å². The van der Waals surface area contributed by atoms with Gasteiger partial charge in [-0.15, -0.1) is 0 Å². The summed E-state index contributed by atoms with van der Waals surface area (Å²) in [4.78, 5) is 12.0. The Morgan fingerprint density at radius 3 is 2.28 bits per heavy atom. The van der Waals surface area contributed by atoms with Gasteiger partial charge in [0.05, 0.1) is 12.6 Å². The van der Waals surface area contributed by atoms with Crippen LogP contribution in [0.2, 0.25) is 0 Å². The van der Waals surface area contributed by atoms with Gasteiger partial charge < -0.3 is 15.8 Å². The number of nitrogens with one attached hydrogen (secondary N) is 1. The largest absolute Gasteiger partial charge is 0.383 e. The Morgan fingerprint density at radius 1 is 1.28 bits per heavy atom. The van der Waals surface area contributed by atoms with E-state index in [0.717, 1.165) is 6.42 Å². The van der Waals surface area contributed by atoms with Gasteiger partial charge in [0.1, 0.15) is 0 Å². The summed E-state index contributed by atoms with van der Waals surface area (Å²) in [7, 11) is 1.66. The first-order valence-electron chi connectivity index (χ1n) is 6.89. The Balaban J connectivity index is 4.20. The van der Waals surface area contributed by atoms with Gasteiger partial charge >= 0.3 is 0 Å². The molecule has 18 heavy (non-hydrogen) atoms. The number of methoxy groups -OCH3 is 1. The van der Waals surface area contributed by atoms with Gasteiger partial charge in [0, 0.05) is 13.5 Å². The zero-order valence-electron chi connectivity index (χ0n) is 12.5. The van der Waals surface area contributed by atoms with Crippen LogP contribution in [0.15, 0.2) is 0 Å². The number of carbonyl (C=O) groups excluding carboxylic acids is 1. The third-order valence-electron chi connectivity index (χ3n) is 3.11. The highest BCUT2D eigenvalue weighted by atomic mass is 16.5. The predicted molar refractivity (Wildman–Crippen MR) is 75.3 cm³/mol. The van der Waals surface area contributed by atoms with Crippen molar-refractivity contribution in [3.8, 4) is 0 Å². The molecule has 3 N–H and O–H groups in total. The molecule has 0 aliphatic carbocycles. The average molecular weight is 258 g/mol. The van der Waals surface area contributed by atoms with Gasteiger partial charge in [-0.25, -0.2) is 0 Å². The summed E-state index contributed by atoms with van der Waals surface area (Å²) >= 11 is 0. The fraction of sp³-hybridized carbons (Fsp3) is 0.929. The van der Waals surface area contributed by atoms with Crippen molar-refractivity contribution >= 4 is 5.91 Å². The third-order valence-corrected chi connectivity index (χ3v) is 3.11. The topological polar surface area (TPSA) is 64.3 Å². The third kappa shape index (κ3) is 7.67. The van der Waals surface area contributed by atoms with Crippen LogP contribution in [0.25, 0.3) is 0 Å². The van der Waals surface area contributed by atoms with E-state index in [9.17, 15) is 4.79 Å². The zero-order valence-corrected chi connectivity index (χ0v) is 12.5. The molecular formula is C14H30N2O2. The zero-order chi connectivity index (χ0) is 14.1. The lowest BCUT2D eigenvalue weighted by Crippen LogP contribution is -2.42. The van der Waals surface area contributed by atoms with Gasteiger partial charge in [0.15, 0.2) is 0 Å². The average Bonchev–Trinajstić information content (AvgIpc) is 2.26. The van der Waals surface area contributed by atoms with Crippen molar-refractivity contribution in [3.05, 3.63) is 0 Å². The van der Waals surface area contributed by atoms with Crippen LogP contribution in [0.4, 0.5) is 0 Å². The lowest BCUT2D eigenvalue weighted by Gasteiger charge is -2.23. The van der Waals surface area contributed by atoms with Crippen molar-refractivity contribution in [2.24, 2.45) is 23.5 Å². The second-order valence-corrected chi connectivity index (χ2v) is 5.81. The number of carbonyl (C=O) groups is 1. The normalized spacial score (nSPS) is 14.9. The smallest absolute Gasteiger partial charge is 0.220 e. The first-order valence-corrected chi connectivity index (χ1v) is 6.89. The van der Waals surface area contributed by atoms with E-state index in [1.165, 1.54) is 0 Å². The van der Waals surface area contributed by atoms with Crippen LogP contribution in [0.1, 0.15) is 40.5 Å². The molecule has 0 fully saturated rings. The molecule has 0 rings (SSSR count). The molecule has 0 radical (unpaired) electrons. The van der Waals surface area contributed by atoms with E-state index in [-0.39, 0.29) is 17.9 Å². The first-order chi connectivity index (χ1) is 8.40. The minimum atomic E-state index is 0.0833. The van der Waals surface area contributed by atoms with Crippen molar-refractivity contribution in [1.82, 2.24) is 5.32 Å². The molecule has 0 saturated heterocycles. The minimum absolute atomic E-state index is 0.0833. The molecule has 0 aromatic rings. The standard InChI is InChI=1S/C14H30N2O2/c1-10(2)6-12(8-15)7-14(17)16-13(9-18-5)11(3)4/h10-13H,6-9,15H2,1-5H3,(H,16,17). The summed E-state index contributed by atoms with van der Waals surface area (Å²) in [5, 5.41) is 3.04. The van der Waals surface area contributed by atoms with Gasteiger partial charge in [-0.05, 0) is 30.7 Å². The van der Waals surface area contributed by atoms with Gasteiger partial charge in [-0.3, -0.25) is 4.79 Å². The lowest BCUT2D eigenvalue weighted by molar-refractivity contribution is -0.123. The second-order valence-electron chi connectivity index (χ2n) is 5.81. The number of hydrogen-bond donors (Lipinski definition) is 2. The molecule has 0 saturated carbocycles. The van der Waals surface area contributed by atoms with Crippen molar-refractivity contribution in [2.75, 3.05) is 20.3 Å². The van der Waals surface area contributed by atoms with Crippen molar-refractivity contribution in [2.45, 2.75) is 46.6 Å². The van der Waals surface area contributed by atoms with Gasteiger partial charge in [-0.2, -0.15) is 0 Å². The Morgan fingerprint density at radius 2 is 1.89 bits per heavy atom. The highest BCUT2D eigenvalue weighted by molar-refractivity contribution is 5.76. The summed E-state index contributed by atoms with van der Waals surface area (Å²) in [6.07, 6.45) is 1.52. The Labute approximate surface area is 112 Å². The van der Waals surface area contributed by atoms with E-state index in [4.69, 9.17) is 10.5 Å². The van der Waals surface area contributed by atoms with Crippen LogP contribution in [0.3, 0.4) is 0 Å². The lowest BCUT2D eigenvalue weighted by atomic mass is 9.93. The fourth-order valence-corrected chi connectivity index (χ4v) is 2.04. The summed E-state index contributed by atoms with van der Waals surface area (Å²) < 4.78 is 5.12. The van der Waals surface area contributed by atoms with Crippen LogP contribution < -0.4 is 11.1 Å². The summed E-state index contributed by atoms with van der Waals surface area (Å²) in [5.41, 5.74) is 5.71. The Kier molecular flexibility index (Phi) is 9.02. The SMILES string of the molecule is COCC(NC(=O)CC(CN)CC(C)C)C(C)C. The highest BCUT2D eigenvalue weighted by Gasteiger charge is 2.19. The number of nitrogens with two attached hydrogens (primary N) is 1. The van der Waals surface area contributed by atoms with Crippen LogP contribution >= 0.6 is 0 Å². The molecule has 0 spiro atoms. The first kappa shape index (κ1) is 17.4. The molecule has 1 amide bonds. The van der Waals surface area contributed by atoms with E-state index in [2.05, 4.69) is 33.0 Å². The molecule has 2 unspecified atom stereocenters. The van der Waals surface area contributed by atoms with E-state index in [1.54, 1.807) is 7.11 Å². The fourth-order valence-electron chi connectivity index (χ4n) is 2.04. The molecule has 2 atom stereocenters. The van der Waals surface area contributed by atoms with E-state index in [0.29, 0.717) is 31.4 Å². The molecule has 0 bridgehead atoms. The van der Waals surface area contributed by atoms with E-state index in [1.807, 2.05) is 0 Å². The minimum Gasteiger partial charge on any atom is -0.383 e. The van der Waals surface area contributed by atoms with Crippen LogP contribution in [-0.4, -0.2) is 32.2 Å². The van der Waals surface area contributed by atoms with Crippen molar-refractivity contribution in [3.63, 3.8) is 0 Å². The van der Waals surface area contributed by atoms with Gasteiger partial charge in [-0.1, -0.05) is 27.7 Å². The molecule has 4 nitrogen and oxygen atoms in total. The molecule has 0 heterocycles. The van der Waals surface area contributed by atoms with Gasteiger partial charge in [0.2, 0.25) is 5.91 Å². The maximum absolute atomic E-state index is 12.0. The van der Waals surface area contributed by atoms with Crippen molar-refractivity contribution < 1.29 is 9.53 Å². The highest BCUT2D eigenvalue weighted by Crippen LogP contribution is 2.14. The summed E-state index contributed by atoms with van der Waals surface area (Å²) in [5.74, 6) is 1.31. The van der Waals surface area contributed by atoms with Gasteiger partial charge in [0.25, 0.3) is 0 Å². The quantitative estimate of drug-likeness (QED) is 0.662. The maximum Gasteiger partial charge on any atom is 0.220 e. The molecule has 0 aromatic carbocycles. The van der Waals surface area contributed by atoms with E-state index >= 15 is 0 Å². The van der Waals surface area contributed by atoms with Crippen LogP contribution in [-0.2, 0) is 9.53 Å². The molecule has 0 aliphatic rings. The maximum atomic E-state index is 12.0. The van der Waals surface area contributed by atoms with Crippen LogP contribution in [0, 0.1) is 17.8 Å². The number of rotatable bonds is 9. The molecule has 0 aliphatic heterocycles. The Bertz CT molecular complexity index is 230. The van der Waals surface area contributed by atoms with E-state index < -0.39 is 0 Å².